The fraction of sp³-hybridized carbons (Fsp3) is 0.0260. The number of fused-ring (bicyclic) bond motifs is 15. The van der Waals surface area contributed by atoms with Gasteiger partial charge in [0.1, 0.15) is 22.3 Å². The summed E-state index contributed by atoms with van der Waals surface area (Å²) in [5.41, 5.74) is 18.8. The lowest BCUT2D eigenvalue weighted by molar-refractivity contribution is 0.634. The monoisotopic (exact) mass is 1080 g/mol. The van der Waals surface area contributed by atoms with Crippen molar-refractivity contribution < 1.29 is 17.7 Å². The van der Waals surface area contributed by atoms with E-state index in [0.29, 0.717) is 28.0 Å². The summed E-state index contributed by atoms with van der Waals surface area (Å²) in [5, 5.41) is 11.6. The van der Waals surface area contributed by atoms with Crippen LogP contribution in [0.15, 0.2) is 266 Å². The molecule has 0 unspecified atom stereocenters. The van der Waals surface area contributed by atoms with Crippen LogP contribution in [-0.2, 0) is 0 Å². The van der Waals surface area contributed by atoms with Crippen molar-refractivity contribution in [2.24, 2.45) is 0 Å². The van der Waals surface area contributed by atoms with Gasteiger partial charge < -0.3 is 27.5 Å². The zero-order valence-electron chi connectivity index (χ0n) is 45.6. The molecule has 0 bridgehead atoms. The number of para-hydroxylation sites is 6. The Morgan fingerprint density at radius 3 is 1.26 bits per heavy atom. The van der Waals surface area contributed by atoms with Gasteiger partial charge in [0.25, 0.3) is 0 Å². The minimum atomic E-state index is 0.509. The highest BCUT2D eigenvalue weighted by Gasteiger charge is 2.26. The predicted molar refractivity (Wildman–Crippen MR) is 347 cm³/mol. The van der Waals surface area contributed by atoms with E-state index < -0.39 is 0 Å². The van der Waals surface area contributed by atoms with E-state index in [1.807, 2.05) is 18.2 Å². The van der Waals surface area contributed by atoms with E-state index in [2.05, 4.69) is 259 Å². The maximum atomic E-state index is 8.56. The minimum Gasteiger partial charge on any atom is -0.453 e. The quantitative estimate of drug-likeness (QED) is 0.141. The lowest BCUT2D eigenvalue weighted by atomic mass is 10.0. The molecule has 84 heavy (non-hydrogen) atoms. The molecule has 17 rings (SSSR count). The number of benzene rings is 13. The van der Waals surface area contributed by atoms with Crippen LogP contribution in [-0.4, -0.2) is 0 Å². The van der Waals surface area contributed by atoms with Gasteiger partial charge in [0, 0.05) is 77.0 Å². The van der Waals surface area contributed by atoms with E-state index in [-0.39, 0.29) is 0 Å². The van der Waals surface area contributed by atoms with Gasteiger partial charge in [0.2, 0.25) is 0 Å². The molecule has 4 aromatic heterocycles. The first kappa shape index (κ1) is 47.5. The van der Waals surface area contributed by atoms with Gasteiger partial charge in [-0.2, -0.15) is 0 Å². The number of hydrogen-bond donors (Lipinski definition) is 0. The Bertz CT molecular complexity index is 5620. The Morgan fingerprint density at radius 1 is 0.310 bits per heavy atom. The summed E-state index contributed by atoms with van der Waals surface area (Å²) in [6.07, 6.45) is 0. The summed E-state index contributed by atoms with van der Waals surface area (Å²) in [7, 11) is 0. The van der Waals surface area contributed by atoms with Crippen LogP contribution >= 0.6 is 0 Å². The number of nitrogens with zero attached hydrogens (tertiary/aromatic N) is 3. The number of aryl methyl sites for hydroxylation is 2. The number of rotatable bonds is 8. The molecule has 7 heteroatoms. The van der Waals surface area contributed by atoms with E-state index in [9.17, 15) is 0 Å². The van der Waals surface area contributed by atoms with E-state index in [1.165, 1.54) is 0 Å². The molecule has 0 aliphatic heterocycles. The van der Waals surface area contributed by atoms with Gasteiger partial charge in [0.05, 0.1) is 17.9 Å². The summed E-state index contributed by atoms with van der Waals surface area (Å²) >= 11 is 0. The van der Waals surface area contributed by atoms with E-state index >= 15 is 0 Å². The molecule has 0 N–H and O–H groups in total. The third-order valence-electron chi connectivity index (χ3n) is 17.1. The van der Waals surface area contributed by atoms with Crippen molar-refractivity contribution in [3.63, 3.8) is 0 Å². The molecule has 0 aliphatic rings. The summed E-state index contributed by atoms with van der Waals surface area (Å²) in [4.78, 5) is 8.75. The summed E-state index contributed by atoms with van der Waals surface area (Å²) < 4.78 is 27.9. The second-order valence-corrected chi connectivity index (χ2v) is 21.9. The molecule has 0 fully saturated rings. The molecular weight excluding hydrogens is 1030 g/mol. The van der Waals surface area contributed by atoms with Crippen LogP contribution in [0.5, 0.6) is 0 Å². The van der Waals surface area contributed by atoms with Crippen molar-refractivity contribution in [1.82, 2.24) is 0 Å². The van der Waals surface area contributed by atoms with Gasteiger partial charge in [-0.05, 0) is 137 Å². The normalized spacial score (nSPS) is 11.9. The van der Waals surface area contributed by atoms with Crippen LogP contribution in [0.25, 0.3) is 136 Å². The highest BCUT2D eigenvalue weighted by atomic mass is 16.4. The molecule has 394 valence electrons. The van der Waals surface area contributed by atoms with Gasteiger partial charge in [-0.15, -0.1) is 0 Å². The standard InChI is InChI=1S/C77H47N3O4/c1-45-18-10-12-30-65(45)79(67-32-16-28-59-57-26-14-24-55(72(57)83-74(59)67)47-20-6-4-7-21-47)53-36-34-49-40-61-62-44-64(78-3)71-63-41-50-35-37-54(39-52(50)43-70(63)82-77(71)76(62)81-69(61)42-51(49)38-53)80(66-31-13-11-19-46(66)2)68-33-17-29-60-58-27-15-25-56(73(58)84-75(60)68)48-22-8-5-9-23-48/h4-44H,1-2H3. The Morgan fingerprint density at radius 2 is 0.750 bits per heavy atom. The Balaban J connectivity index is 0.800. The smallest absolute Gasteiger partial charge is 0.199 e. The van der Waals surface area contributed by atoms with Gasteiger partial charge >= 0.3 is 0 Å². The van der Waals surface area contributed by atoms with E-state index in [4.69, 9.17) is 24.2 Å². The Hall–Kier alpha value is -11.3. The van der Waals surface area contributed by atoms with Gasteiger partial charge in [-0.25, -0.2) is 4.85 Å². The highest BCUT2D eigenvalue weighted by molar-refractivity contribution is 6.26. The van der Waals surface area contributed by atoms with Gasteiger partial charge in [-0.1, -0.05) is 170 Å². The first-order valence-electron chi connectivity index (χ1n) is 28.2. The molecule has 17 aromatic rings. The second-order valence-electron chi connectivity index (χ2n) is 21.9. The first-order chi connectivity index (χ1) is 41.4. The number of hydrogen-bond acceptors (Lipinski definition) is 6. The third kappa shape index (κ3) is 7.17. The first-order valence-corrected chi connectivity index (χ1v) is 28.2. The van der Waals surface area contributed by atoms with Gasteiger partial charge in [-0.3, -0.25) is 0 Å². The average molecular weight is 1080 g/mol. The molecule has 0 atom stereocenters. The average Bonchev–Trinajstić information content (AvgIpc) is 4.52. The summed E-state index contributed by atoms with van der Waals surface area (Å²) in [5.74, 6) is 0. The fourth-order valence-electron chi connectivity index (χ4n) is 13.1. The van der Waals surface area contributed by atoms with Crippen molar-refractivity contribution in [2.45, 2.75) is 13.8 Å². The lowest BCUT2D eigenvalue weighted by Crippen LogP contribution is -2.11. The molecule has 0 radical (unpaired) electrons. The molecule has 13 aromatic carbocycles. The van der Waals surface area contributed by atoms with Gasteiger partial charge in [0.15, 0.2) is 28.0 Å². The molecule has 0 spiro atoms. The topological polar surface area (TPSA) is 63.4 Å². The maximum Gasteiger partial charge on any atom is 0.199 e. The zero-order valence-corrected chi connectivity index (χ0v) is 45.6. The Kier molecular flexibility index (Phi) is 10.4. The van der Waals surface area contributed by atoms with Crippen molar-refractivity contribution >= 4 is 149 Å². The molecule has 4 heterocycles. The molecule has 0 aliphatic carbocycles. The van der Waals surface area contributed by atoms with Crippen molar-refractivity contribution in [3.05, 3.63) is 271 Å². The second kappa shape index (κ2) is 18.3. The van der Waals surface area contributed by atoms with Crippen LogP contribution in [0.4, 0.5) is 39.8 Å². The third-order valence-corrected chi connectivity index (χ3v) is 17.1. The van der Waals surface area contributed by atoms with Crippen molar-refractivity contribution in [1.29, 1.82) is 0 Å². The van der Waals surface area contributed by atoms with Crippen molar-refractivity contribution in [2.75, 3.05) is 9.80 Å². The van der Waals surface area contributed by atoms with Crippen molar-refractivity contribution in [3.8, 4) is 22.3 Å². The van der Waals surface area contributed by atoms with Crippen LogP contribution in [0.3, 0.4) is 0 Å². The molecule has 0 amide bonds. The lowest BCUT2D eigenvalue weighted by Gasteiger charge is -2.27. The highest BCUT2D eigenvalue weighted by Crippen LogP contribution is 2.50. The SMILES string of the molecule is [C-]#[N+]c1cc2c3cc4ccc(N(c5ccccc5C)c5cccc6c5oc5c(-c7ccccc7)cccc56)cc4cc3oc2c2oc3cc4cc(N(c5ccccc5C)c5cccc6c5oc5c(-c7ccccc7)cccc56)ccc4cc3c12. The fourth-order valence-corrected chi connectivity index (χ4v) is 13.1. The number of furan rings is 4. The van der Waals surface area contributed by atoms with Crippen LogP contribution in [0.2, 0.25) is 0 Å². The summed E-state index contributed by atoms with van der Waals surface area (Å²) in [6, 6.07) is 87.1. The predicted octanol–water partition coefficient (Wildman–Crippen LogP) is 23.0. The molecular formula is C77H47N3O4. The maximum absolute atomic E-state index is 8.56. The minimum absolute atomic E-state index is 0.509. The molecule has 0 saturated carbocycles. The molecule has 7 nitrogen and oxygen atoms in total. The van der Waals surface area contributed by atoms with Crippen LogP contribution < -0.4 is 9.80 Å². The zero-order chi connectivity index (χ0) is 55.7. The largest absolute Gasteiger partial charge is 0.453 e. The summed E-state index contributed by atoms with van der Waals surface area (Å²) in [6.45, 7) is 12.9. The van der Waals surface area contributed by atoms with Crippen LogP contribution in [0.1, 0.15) is 11.1 Å². The molecule has 0 saturated heterocycles. The van der Waals surface area contributed by atoms with E-state index in [0.717, 1.165) is 154 Å². The Labute approximate surface area is 481 Å². The number of anilines is 6. The van der Waals surface area contributed by atoms with Crippen LogP contribution in [0, 0.1) is 20.4 Å². The van der Waals surface area contributed by atoms with E-state index in [1.54, 1.807) is 0 Å².